The SMILES string of the molecule is CN(C)c1ccc(C(=O)CCc2nccn2C)cc1. The minimum atomic E-state index is 0.160. The number of hydrogen-bond acceptors (Lipinski definition) is 3. The number of ketones is 1. The van der Waals surface area contributed by atoms with Crippen molar-refractivity contribution in [3.8, 4) is 0 Å². The van der Waals surface area contributed by atoms with Crippen molar-refractivity contribution in [3.05, 3.63) is 48.0 Å². The summed E-state index contributed by atoms with van der Waals surface area (Å²) in [5.74, 6) is 1.10. The average molecular weight is 257 g/mol. The molecule has 0 spiro atoms. The molecule has 0 aliphatic carbocycles. The lowest BCUT2D eigenvalue weighted by Crippen LogP contribution is -2.09. The van der Waals surface area contributed by atoms with E-state index < -0.39 is 0 Å². The van der Waals surface area contributed by atoms with Crippen LogP contribution in [0.4, 0.5) is 5.69 Å². The van der Waals surface area contributed by atoms with E-state index in [0.717, 1.165) is 17.1 Å². The van der Waals surface area contributed by atoms with E-state index in [1.807, 2.05) is 61.1 Å². The number of anilines is 1. The predicted octanol–water partition coefficient (Wildman–Crippen LogP) is 2.30. The van der Waals surface area contributed by atoms with Gasteiger partial charge in [-0.25, -0.2) is 4.98 Å². The van der Waals surface area contributed by atoms with Crippen LogP contribution in [-0.4, -0.2) is 29.4 Å². The van der Waals surface area contributed by atoms with Gasteiger partial charge in [-0.2, -0.15) is 0 Å². The zero-order valence-electron chi connectivity index (χ0n) is 11.6. The first kappa shape index (κ1) is 13.3. The number of rotatable bonds is 5. The van der Waals surface area contributed by atoms with Gasteiger partial charge in [0.15, 0.2) is 5.78 Å². The number of Topliss-reactive ketones (excluding diaryl/α,β-unsaturated/α-hetero) is 1. The first-order valence-electron chi connectivity index (χ1n) is 6.34. The molecule has 100 valence electrons. The lowest BCUT2D eigenvalue weighted by Gasteiger charge is -2.12. The summed E-state index contributed by atoms with van der Waals surface area (Å²) in [6.07, 6.45) is 4.82. The highest BCUT2D eigenvalue weighted by Gasteiger charge is 2.08. The Morgan fingerprint density at radius 3 is 2.47 bits per heavy atom. The Balaban J connectivity index is 1.98. The molecule has 1 aromatic heterocycles. The summed E-state index contributed by atoms with van der Waals surface area (Å²) < 4.78 is 1.95. The van der Waals surface area contributed by atoms with Crippen LogP contribution in [0.25, 0.3) is 0 Å². The number of imidazole rings is 1. The summed E-state index contributed by atoms with van der Waals surface area (Å²) in [6.45, 7) is 0. The summed E-state index contributed by atoms with van der Waals surface area (Å²) in [7, 11) is 5.91. The number of carbonyl (C=O) groups excluding carboxylic acids is 1. The van der Waals surface area contributed by atoms with E-state index in [0.29, 0.717) is 12.8 Å². The summed E-state index contributed by atoms with van der Waals surface area (Å²) in [5.41, 5.74) is 1.86. The van der Waals surface area contributed by atoms with Gasteiger partial charge in [0, 0.05) is 57.6 Å². The summed E-state index contributed by atoms with van der Waals surface area (Å²) in [4.78, 5) is 18.3. The molecule has 0 radical (unpaired) electrons. The van der Waals surface area contributed by atoms with E-state index in [1.165, 1.54) is 0 Å². The van der Waals surface area contributed by atoms with Crippen LogP contribution in [0.15, 0.2) is 36.7 Å². The van der Waals surface area contributed by atoms with Crippen LogP contribution in [0.2, 0.25) is 0 Å². The second-order valence-electron chi connectivity index (χ2n) is 4.82. The van der Waals surface area contributed by atoms with Gasteiger partial charge >= 0.3 is 0 Å². The molecular weight excluding hydrogens is 238 g/mol. The first-order chi connectivity index (χ1) is 9.08. The van der Waals surface area contributed by atoms with Gasteiger partial charge in [-0.05, 0) is 24.3 Å². The number of nitrogens with zero attached hydrogens (tertiary/aromatic N) is 3. The fourth-order valence-electron chi connectivity index (χ4n) is 1.95. The number of hydrogen-bond donors (Lipinski definition) is 0. The van der Waals surface area contributed by atoms with E-state index >= 15 is 0 Å². The van der Waals surface area contributed by atoms with Crippen molar-refractivity contribution >= 4 is 11.5 Å². The molecule has 2 aromatic rings. The second kappa shape index (κ2) is 5.69. The topological polar surface area (TPSA) is 38.1 Å². The van der Waals surface area contributed by atoms with E-state index in [-0.39, 0.29) is 5.78 Å². The van der Waals surface area contributed by atoms with E-state index in [2.05, 4.69) is 4.98 Å². The van der Waals surface area contributed by atoms with Crippen molar-refractivity contribution in [3.63, 3.8) is 0 Å². The van der Waals surface area contributed by atoms with Crippen LogP contribution >= 0.6 is 0 Å². The Kier molecular flexibility index (Phi) is 4.00. The Morgan fingerprint density at radius 1 is 1.26 bits per heavy atom. The number of carbonyl (C=O) groups is 1. The molecule has 0 fully saturated rings. The molecule has 0 N–H and O–H groups in total. The van der Waals surface area contributed by atoms with E-state index in [9.17, 15) is 4.79 Å². The molecule has 0 aliphatic heterocycles. The maximum Gasteiger partial charge on any atom is 0.163 e. The van der Waals surface area contributed by atoms with Crippen LogP contribution < -0.4 is 4.90 Å². The largest absolute Gasteiger partial charge is 0.378 e. The Labute approximate surface area is 113 Å². The molecule has 1 heterocycles. The third-order valence-electron chi connectivity index (χ3n) is 3.20. The highest BCUT2D eigenvalue weighted by Crippen LogP contribution is 2.14. The Hall–Kier alpha value is -2.10. The van der Waals surface area contributed by atoms with Crippen LogP contribution in [0.5, 0.6) is 0 Å². The maximum atomic E-state index is 12.1. The summed E-state index contributed by atoms with van der Waals surface area (Å²) in [5, 5.41) is 0. The van der Waals surface area contributed by atoms with Gasteiger partial charge in [-0.1, -0.05) is 0 Å². The third kappa shape index (κ3) is 3.22. The number of aromatic nitrogens is 2. The molecule has 0 bridgehead atoms. The molecule has 4 nitrogen and oxygen atoms in total. The standard InChI is InChI=1S/C15H19N3O/c1-17(2)13-6-4-12(5-7-13)14(19)8-9-15-16-10-11-18(15)3/h4-7,10-11H,8-9H2,1-3H3. The normalized spacial score (nSPS) is 10.5. The van der Waals surface area contributed by atoms with Gasteiger partial charge in [-0.3, -0.25) is 4.79 Å². The zero-order chi connectivity index (χ0) is 13.8. The minimum absolute atomic E-state index is 0.160. The van der Waals surface area contributed by atoms with Crippen molar-refractivity contribution in [1.29, 1.82) is 0 Å². The van der Waals surface area contributed by atoms with Crippen molar-refractivity contribution < 1.29 is 4.79 Å². The lowest BCUT2D eigenvalue weighted by molar-refractivity contribution is 0.0982. The Morgan fingerprint density at radius 2 is 1.95 bits per heavy atom. The van der Waals surface area contributed by atoms with E-state index in [1.54, 1.807) is 6.20 Å². The smallest absolute Gasteiger partial charge is 0.163 e. The second-order valence-corrected chi connectivity index (χ2v) is 4.82. The van der Waals surface area contributed by atoms with Gasteiger partial charge in [-0.15, -0.1) is 0 Å². The zero-order valence-corrected chi connectivity index (χ0v) is 11.6. The number of benzene rings is 1. The number of aryl methyl sites for hydroxylation is 2. The predicted molar refractivity (Wildman–Crippen MR) is 76.6 cm³/mol. The van der Waals surface area contributed by atoms with Gasteiger partial charge < -0.3 is 9.47 Å². The minimum Gasteiger partial charge on any atom is -0.378 e. The van der Waals surface area contributed by atoms with Crippen molar-refractivity contribution in [2.24, 2.45) is 7.05 Å². The molecule has 0 saturated heterocycles. The first-order valence-corrected chi connectivity index (χ1v) is 6.34. The van der Waals surface area contributed by atoms with Gasteiger partial charge in [0.05, 0.1) is 0 Å². The fraction of sp³-hybridized carbons (Fsp3) is 0.333. The lowest BCUT2D eigenvalue weighted by atomic mass is 10.1. The molecule has 19 heavy (non-hydrogen) atoms. The summed E-state index contributed by atoms with van der Waals surface area (Å²) in [6, 6.07) is 7.70. The van der Waals surface area contributed by atoms with E-state index in [4.69, 9.17) is 0 Å². The highest BCUT2D eigenvalue weighted by molar-refractivity contribution is 5.96. The van der Waals surface area contributed by atoms with Crippen LogP contribution in [0, 0.1) is 0 Å². The average Bonchev–Trinajstić information content (AvgIpc) is 2.81. The van der Waals surface area contributed by atoms with Gasteiger partial charge in [0.1, 0.15) is 5.82 Å². The van der Waals surface area contributed by atoms with Gasteiger partial charge in [0.25, 0.3) is 0 Å². The Bertz CT molecular complexity index is 555. The molecule has 0 saturated carbocycles. The van der Waals surface area contributed by atoms with Gasteiger partial charge in [0.2, 0.25) is 0 Å². The van der Waals surface area contributed by atoms with Crippen LogP contribution in [0.1, 0.15) is 22.6 Å². The molecule has 0 unspecified atom stereocenters. The van der Waals surface area contributed by atoms with Crippen molar-refractivity contribution in [2.75, 3.05) is 19.0 Å². The molecule has 4 heteroatoms. The van der Waals surface area contributed by atoms with Crippen LogP contribution in [-0.2, 0) is 13.5 Å². The summed E-state index contributed by atoms with van der Waals surface area (Å²) >= 11 is 0. The molecule has 0 aliphatic rings. The molecule has 0 atom stereocenters. The molecule has 2 rings (SSSR count). The molecule has 0 amide bonds. The fourth-order valence-corrected chi connectivity index (χ4v) is 1.95. The molecular formula is C15H19N3O. The molecule has 1 aromatic carbocycles. The van der Waals surface area contributed by atoms with Crippen molar-refractivity contribution in [2.45, 2.75) is 12.8 Å². The third-order valence-corrected chi connectivity index (χ3v) is 3.20. The quantitative estimate of drug-likeness (QED) is 0.771. The monoisotopic (exact) mass is 257 g/mol. The maximum absolute atomic E-state index is 12.1. The highest BCUT2D eigenvalue weighted by atomic mass is 16.1. The van der Waals surface area contributed by atoms with Crippen LogP contribution in [0.3, 0.4) is 0 Å². The van der Waals surface area contributed by atoms with Crippen molar-refractivity contribution in [1.82, 2.24) is 9.55 Å².